The van der Waals surface area contributed by atoms with E-state index in [0.717, 1.165) is 11.1 Å². The van der Waals surface area contributed by atoms with E-state index in [9.17, 15) is 4.57 Å². The Hall–Kier alpha value is -1.41. The van der Waals surface area contributed by atoms with E-state index in [0.29, 0.717) is 18.5 Å². The summed E-state index contributed by atoms with van der Waals surface area (Å²) >= 11 is 0. The van der Waals surface area contributed by atoms with Crippen molar-refractivity contribution in [2.45, 2.75) is 13.8 Å². The highest BCUT2D eigenvalue weighted by molar-refractivity contribution is 7.62. The van der Waals surface area contributed by atoms with E-state index in [1.807, 2.05) is 68.4 Å². The summed E-state index contributed by atoms with van der Waals surface area (Å²) in [6, 6.07) is 17.6. The lowest BCUT2D eigenvalue weighted by atomic mass is 10.1. The predicted molar refractivity (Wildman–Crippen MR) is 82.4 cm³/mol. The van der Waals surface area contributed by atoms with Gasteiger partial charge in [-0.2, -0.15) is 0 Å². The standard InChI is InChI=1S/C16H19O3P/c1-3-18-20(17,19-4-2)16-12-10-15(11-13-16)14-8-6-5-7-9-14/h5-13H,3-4H2,1-2H3. The maximum Gasteiger partial charge on any atom is 0.361 e. The molecular weight excluding hydrogens is 271 g/mol. The molecule has 0 bridgehead atoms. The normalized spacial score (nSPS) is 11.5. The Morgan fingerprint density at radius 2 is 1.30 bits per heavy atom. The first kappa shape index (κ1) is 15.0. The second-order valence-corrected chi connectivity index (χ2v) is 6.27. The van der Waals surface area contributed by atoms with Gasteiger partial charge < -0.3 is 9.05 Å². The van der Waals surface area contributed by atoms with E-state index in [4.69, 9.17) is 9.05 Å². The van der Waals surface area contributed by atoms with Gasteiger partial charge in [-0.25, -0.2) is 0 Å². The maximum absolute atomic E-state index is 12.6. The van der Waals surface area contributed by atoms with Crippen molar-refractivity contribution in [3.8, 4) is 11.1 Å². The summed E-state index contributed by atoms with van der Waals surface area (Å²) in [7, 11) is -3.18. The van der Waals surface area contributed by atoms with Gasteiger partial charge in [0.25, 0.3) is 0 Å². The molecule has 0 aromatic heterocycles. The summed E-state index contributed by atoms with van der Waals surface area (Å²) in [6.07, 6.45) is 0. The van der Waals surface area contributed by atoms with Crippen LogP contribution in [0.5, 0.6) is 0 Å². The zero-order chi connectivity index (χ0) is 14.4. The van der Waals surface area contributed by atoms with Crippen LogP contribution in [0.15, 0.2) is 54.6 Å². The third kappa shape index (κ3) is 3.37. The second kappa shape index (κ2) is 6.85. The van der Waals surface area contributed by atoms with Crippen LogP contribution in [0.2, 0.25) is 0 Å². The van der Waals surface area contributed by atoms with Gasteiger partial charge in [0.2, 0.25) is 0 Å². The fraction of sp³-hybridized carbons (Fsp3) is 0.250. The molecule has 0 radical (unpaired) electrons. The minimum absolute atomic E-state index is 0.359. The largest absolute Gasteiger partial charge is 0.361 e. The zero-order valence-corrected chi connectivity index (χ0v) is 12.7. The summed E-state index contributed by atoms with van der Waals surface area (Å²) in [5, 5.41) is 0.598. The van der Waals surface area contributed by atoms with Crippen molar-refractivity contribution in [2.24, 2.45) is 0 Å². The van der Waals surface area contributed by atoms with E-state index in [-0.39, 0.29) is 0 Å². The molecule has 0 saturated carbocycles. The molecule has 0 fully saturated rings. The van der Waals surface area contributed by atoms with Crippen LogP contribution in [-0.4, -0.2) is 13.2 Å². The van der Waals surface area contributed by atoms with Crippen molar-refractivity contribution >= 4 is 12.9 Å². The SMILES string of the molecule is CCOP(=O)(OCC)c1ccc(-c2ccccc2)cc1. The van der Waals surface area contributed by atoms with Crippen molar-refractivity contribution in [1.29, 1.82) is 0 Å². The lowest BCUT2D eigenvalue weighted by Gasteiger charge is -2.17. The van der Waals surface area contributed by atoms with Crippen LogP contribution >= 0.6 is 7.60 Å². The van der Waals surface area contributed by atoms with Crippen molar-refractivity contribution in [3.05, 3.63) is 54.6 Å². The monoisotopic (exact) mass is 290 g/mol. The van der Waals surface area contributed by atoms with Crippen molar-refractivity contribution in [1.82, 2.24) is 0 Å². The number of hydrogen-bond acceptors (Lipinski definition) is 3. The lowest BCUT2D eigenvalue weighted by molar-refractivity contribution is 0.230. The quantitative estimate of drug-likeness (QED) is 0.746. The van der Waals surface area contributed by atoms with Crippen LogP contribution in [0.25, 0.3) is 11.1 Å². The molecule has 4 heteroatoms. The van der Waals surface area contributed by atoms with Gasteiger partial charge in [0.1, 0.15) is 0 Å². The summed E-state index contributed by atoms with van der Waals surface area (Å²) in [6.45, 7) is 4.34. The highest BCUT2D eigenvalue weighted by Crippen LogP contribution is 2.46. The molecular formula is C16H19O3P. The molecule has 0 aliphatic heterocycles. The average molecular weight is 290 g/mol. The first-order chi connectivity index (χ1) is 9.69. The van der Waals surface area contributed by atoms with E-state index < -0.39 is 7.60 Å². The van der Waals surface area contributed by atoms with Crippen LogP contribution in [0.3, 0.4) is 0 Å². The van der Waals surface area contributed by atoms with Gasteiger partial charge in [-0.05, 0) is 37.1 Å². The Bertz CT molecular complexity index is 568. The highest BCUT2D eigenvalue weighted by atomic mass is 31.2. The minimum atomic E-state index is -3.18. The van der Waals surface area contributed by atoms with E-state index >= 15 is 0 Å². The van der Waals surface area contributed by atoms with Crippen LogP contribution < -0.4 is 5.30 Å². The Labute approximate surface area is 120 Å². The average Bonchev–Trinajstić information content (AvgIpc) is 2.49. The first-order valence-corrected chi connectivity index (χ1v) is 8.29. The molecule has 3 nitrogen and oxygen atoms in total. The summed E-state index contributed by atoms with van der Waals surface area (Å²) in [5.41, 5.74) is 2.20. The molecule has 0 aliphatic carbocycles. The summed E-state index contributed by atoms with van der Waals surface area (Å²) < 4.78 is 23.3. The van der Waals surface area contributed by atoms with Gasteiger partial charge in [-0.3, -0.25) is 4.57 Å². The Morgan fingerprint density at radius 1 is 0.800 bits per heavy atom. The smallest absolute Gasteiger partial charge is 0.305 e. The predicted octanol–water partition coefficient (Wildman–Crippen LogP) is 4.25. The topological polar surface area (TPSA) is 35.5 Å². The van der Waals surface area contributed by atoms with Gasteiger partial charge in [0.05, 0.1) is 18.5 Å². The molecule has 2 rings (SSSR count). The molecule has 0 saturated heterocycles. The fourth-order valence-corrected chi connectivity index (χ4v) is 3.56. The second-order valence-electron chi connectivity index (χ2n) is 4.25. The number of rotatable bonds is 6. The van der Waals surface area contributed by atoms with Crippen LogP contribution in [-0.2, 0) is 13.6 Å². The summed E-state index contributed by atoms with van der Waals surface area (Å²) in [4.78, 5) is 0. The molecule has 0 spiro atoms. The molecule has 0 amide bonds. The molecule has 0 aliphatic rings. The third-order valence-electron chi connectivity index (χ3n) is 2.89. The summed E-state index contributed by atoms with van der Waals surface area (Å²) in [5.74, 6) is 0. The van der Waals surface area contributed by atoms with E-state index in [2.05, 4.69) is 0 Å². The molecule has 106 valence electrons. The lowest BCUT2D eigenvalue weighted by Crippen LogP contribution is -2.10. The van der Waals surface area contributed by atoms with Gasteiger partial charge in [-0.1, -0.05) is 42.5 Å². The molecule has 2 aromatic carbocycles. The molecule has 2 aromatic rings. The van der Waals surface area contributed by atoms with Crippen LogP contribution in [0.4, 0.5) is 0 Å². The van der Waals surface area contributed by atoms with E-state index in [1.165, 1.54) is 0 Å². The molecule has 0 unspecified atom stereocenters. The molecule has 0 atom stereocenters. The van der Waals surface area contributed by atoms with Crippen molar-refractivity contribution in [3.63, 3.8) is 0 Å². The molecule has 20 heavy (non-hydrogen) atoms. The van der Waals surface area contributed by atoms with Crippen LogP contribution in [0.1, 0.15) is 13.8 Å². The van der Waals surface area contributed by atoms with Gasteiger partial charge in [0, 0.05) is 0 Å². The zero-order valence-electron chi connectivity index (χ0n) is 11.8. The highest BCUT2D eigenvalue weighted by Gasteiger charge is 2.26. The van der Waals surface area contributed by atoms with Crippen LogP contribution in [0, 0.1) is 0 Å². The molecule has 0 N–H and O–H groups in total. The third-order valence-corrected chi connectivity index (χ3v) is 5.02. The van der Waals surface area contributed by atoms with Crippen molar-refractivity contribution < 1.29 is 13.6 Å². The Kier molecular flexibility index (Phi) is 5.13. The first-order valence-electron chi connectivity index (χ1n) is 6.74. The Morgan fingerprint density at radius 3 is 1.80 bits per heavy atom. The number of hydrogen-bond donors (Lipinski definition) is 0. The van der Waals surface area contributed by atoms with Gasteiger partial charge in [0.15, 0.2) is 0 Å². The van der Waals surface area contributed by atoms with Gasteiger partial charge in [-0.15, -0.1) is 0 Å². The fourth-order valence-electron chi connectivity index (χ4n) is 1.99. The maximum atomic E-state index is 12.6. The van der Waals surface area contributed by atoms with E-state index in [1.54, 1.807) is 0 Å². The minimum Gasteiger partial charge on any atom is -0.305 e. The Balaban J connectivity index is 2.29. The van der Waals surface area contributed by atoms with Gasteiger partial charge >= 0.3 is 7.60 Å². The number of benzene rings is 2. The van der Waals surface area contributed by atoms with Crippen molar-refractivity contribution in [2.75, 3.05) is 13.2 Å². The molecule has 0 heterocycles.